The summed E-state index contributed by atoms with van der Waals surface area (Å²) in [5.41, 5.74) is 0. The van der Waals surface area contributed by atoms with Crippen LogP contribution < -0.4 is 0 Å². The van der Waals surface area contributed by atoms with E-state index in [0.29, 0.717) is 0 Å². The van der Waals surface area contributed by atoms with Crippen molar-refractivity contribution >= 4 is 47.0 Å². The average Bonchev–Trinajstić information content (AvgIpc) is 3.52. The molecule has 50 heavy (non-hydrogen) atoms. The summed E-state index contributed by atoms with van der Waals surface area (Å²) in [6.07, 6.45) is 39.8. The Hall–Kier alpha value is 1.28. The van der Waals surface area contributed by atoms with Gasteiger partial charge in [-0.2, -0.15) is 47.0 Å². The molecule has 0 spiro atoms. The van der Waals surface area contributed by atoms with E-state index in [1.807, 2.05) is 0 Å². The number of thioether (sulfide) groups is 4. The molecular formula is C43H87NO2S4. The highest BCUT2D eigenvalue weighted by Gasteiger charge is 2.40. The summed E-state index contributed by atoms with van der Waals surface area (Å²) in [7, 11) is 4.32. The molecule has 0 radical (unpaired) electrons. The summed E-state index contributed by atoms with van der Waals surface area (Å²) in [6, 6.07) is 0. The average molecular weight is 778 g/mol. The molecule has 1 fully saturated rings. The van der Waals surface area contributed by atoms with E-state index in [-0.39, 0.29) is 11.9 Å². The van der Waals surface area contributed by atoms with Gasteiger partial charge in [-0.1, -0.05) is 142 Å². The van der Waals surface area contributed by atoms with E-state index < -0.39 is 0 Å². The molecule has 1 rings (SSSR count). The maximum absolute atomic E-state index is 6.71. The van der Waals surface area contributed by atoms with Gasteiger partial charge in [0.15, 0.2) is 5.79 Å². The standard InChI is InChI=1S/C43H87NO2S4/c1-5-7-9-11-15-21-27-35-47-40-49-37-29-23-17-13-19-25-32-43(45-39-42(46-43)31-34-44(3)4)33-26-20-14-18-24-30-38-50-41-48-36-28-22-16-12-10-8-6-2/h42H,5-41H2,1-4H3. The van der Waals surface area contributed by atoms with Crippen LogP contribution in [0.4, 0.5) is 0 Å². The van der Waals surface area contributed by atoms with Crippen molar-refractivity contribution in [3.8, 4) is 0 Å². The molecule has 7 heteroatoms. The molecule has 1 unspecified atom stereocenters. The summed E-state index contributed by atoms with van der Waals surface area (Å²) in [6.45, 7) is 6.47. The fraction of sp³-hybridized carbons (Fsp3) is 1.00. The molecule has 0 amide bonds. The highest BCUT2D eigenvalue weighted by molar-refractivity contribution is 8.16. The highest BCUT2D eigenvalue weighted by atomic mass is 32.2. The van der Waals surface area contributed by atoms with Gasteiger partial charge in [-0.05, 0) is 82.1 Å². The highest BCUT2D eigenvalue weighted by Crippen LogP contribution is 2.35. The van der Waals surface area contributed by atoms with Crippen molar-refractivity contribution in [2.45, 2.75) is 212 Å². The molecule has 0 N–H and O–H groups in total. The van der Waals surface area contributed by atoms with Gasteiger partial charge in [0.2, 0.25) is 0 Å². The summed E-state index contributed by atoms with van der Waals surface area (Å²) >= 11 is 8.66. The first kappa shape index (κ1) is 49.3. The lowest BCUT2D eigenvalue weighted by Crippen LogP contribution is -2.31. The van der Waals surface area contributed by atoms with Crippen molar-refractivity contribution < 1.29 is 9.47 Å². The van der Waals surface area contributed by atoms with Crippen LogP contribution in [0, 0.1) is 0 Å². The summed E-state index contributed by atoms with van der Waals surface area (Å²) in [4.78, 5) is 2.27. The first-order valence-electron chi connectivity index (χ1n) is 21.9. The molecule has 0 saturated carbocycles. The third kappa shape index (κ3) is 32.7. The molecule has 1 atom stereocenters. The van der Waals surface area contributed by atoms with E-state index in [9.17, 15) is 0 Å². The van der Waals surface area contributed by atoms with Gasteiger partial charge >= 0.3 is 0 Å². The normalized spacial score (nSPS) is 15.9. The Morgan fingerprint density at radius 3 is 1.18 bits per heavy atom. The molecule has 1 aliphatic heterocycles. The van der Waals surface area contributed by atoms with Gasteiger partial charge in [0.25, 0.3) is 0 Å². The molecule has 1 aliphatic rings. The Morgan fingerprint density at radius 1 is 0.480 bits per heavy atom. The van der Waals surface area contributed by atoms with E-state index in [1.165, 1.54) is 200 Å². The Bertz CT molecular complexity index is 631. The van der Waals surface area contributed by atoms with Crippen molar-refractivity contribution in [3.05, 3.63) is 0 Å². The van der Waals surface area contributed by atoms with Gasteiger partial charge in [-0.25, -0.2) is 0 Å². The van der Waals surface area contributed by atoms with Gasteiger partial charge in [0.1, 0.15) is 0 Å². The molecule has 3 nitrogen and oxygen atoms in total. The Labute approximate surface area is 332 Å². The minimum atomic E-state index is -0.302. The lowest BCUT2D eigenvalue weighted by molar-refractivity contribution is -0.180. The zero-order valence-electron chi connectivity index (χ0n) is 34.1. The Kier molecular flexibility index (Phi) is 38.0. The Morgan fingerprint density at radius 2 is 0.820 bits per heavy atom. The minimum Gasteiger partial charge on any atom is -0.347 e. The lowest BCUT2D eigenvalue weighted by Gasteiger charge is -2.29. The third-order valence-electron chi connectivity index (χ3n) is 10.1. The zero-order valence-corrected chi connectivity index (χ0v) is 37.4. The van der Waals surface area contributed by atoms with Crippen LogP contribution >= 0.6 is 47.0 Å². The van der Waals surface area contributed by atoms with Crippen LogP contribution in [0.15, 0.2) is 0 Å². The molecule has 300 valence electrons. The van der Waals surface area contributed by atoms with Gasteiger partial charge in [-0.3, -0.25) is 0 Å². The third-order valence-corrected chi connectivity index (χ3v) is 15.1. The lowest BCUT2D eigenvalue weighted by atomic mass is 9.99. The molecule has 0 aromatic carbocycles. The summed E-state index contributed by atoms with van der Waals surface area (Å²) in [5.74, 6) is 5.12. The number of rotatable bonds is 41. The smallest absolute Gasteiger partial charge is 0.168 e. The fourth-order valence-corrected chi connectivity index (χ4v) is 11.3. The maximum Gasteiger partial charge on any atom is 0.168 e. The Balaban J connectivity index is 2.04. The topological polar surface area (TPSA) is 21.7 Å². The van der Waals surface area contributed by atoms with Crippen LogP contribution in [0.25, 0.3) is 0 Å². The molecule has 0 aliphatic carbocycles. The first-order valence-corrected chi connectivity index (χ1v) is 26.5. The molecule has 1 saturated heterocycles. The van der Waals surface area contributed by atoms with Crippen molar-refractivity contribution in [2.24, 2.45) is 0 Å². The second kappa shape index (κ2) is 38.6. The fourth-order valence-electron chi connectivity index (χ4n) is 6.84. The van der Waals surface area contributed by atoms with Gasteiger partial charge in [0.05, 0.1) is 12.7 Å². The van der Waals surface area contributed by atoms with Crippen LogP contribution in [0.3, 0.4) is 0 Å². The molecule has 1 heterocycles. The van der Waals surface area contributed by atoms with Crippen LogP contribution in [-0.4, -0.2) is 77.2 Å². The van der Waals surface area contributed by atoms with Crippen LogP contribution in [0.5, 0.6) is 0 Å². The monoisotopic (exact) mass is 778 g/mol. The predicted octanol–water partition coefficient (Wildman–Crippen LogP) is 14.9. The van der Waals surface area contributed by atoms with Crippen molar-refractivity contribution in [1.82, 2.24) is 4.90 Å². The van der Waals surface area contributed by atoms with E-state index in [2.05, 4.69) is 79.9 Å². The number of ether oxygens (including phenoxy) is 2. The van der Waals surface area contributed by atoms with Crippen molar-refractivity contribution in [3.63, 3.8) is 0 Å². The van der Waals surface area contributed by atoms with Crippen LogP contribution in [0.1, 0.15) is 200 Å². The van der Waals surface area contributed by atoms with Crippen molar-refractivity contribution in [2.75, 3.05) is 60.4 Å². The largest absolute Gasteiger partial charge is 0.347 e. The molecule has 0 aromatic rings. The van der Waals surface area contributed by atoms with Crippen LogP contribution in [0.2, 0.25) is 0 Å². The SMILES string of the molecule is CCCCCCCCCSCSCCCCCCCCC1(CCCCCCCCSCSCCCCCCCCC)OCC(CCN(C)C)O1. The minimum absolute atomic E-state index is 0.273. The van der Waals surface area contributed by atoms with Gasteiger partial charge in [0, 0.05) is 29.6 Å². The molecule has 0 aromatic heterocycles. The van der Waals surface area contributed by atoms with Gasteiger partial charge < -0.3 is 14.4 Å². The quantitative estimate of drug-likeness (QED) is 0.0450. The van der Waals surface area contributed by atoms with E-state index in [0.717, 1.165) is 32.4 Å². The maximum atomic E-state index is 6.71. The van der Waals surface area contributed by atoms with Gasteiger partial charge in [-0.15, -0.1) is 0 Å². The molecular weight excluding hydrogens is 691 g/mol. The van der Waals surface area contributed by atoms with E-state index in [1.54, 1.807) is 0 Å². The second-order valence-electron chi connectivity index (χ2n) is 15.4. The second-order valence-corrected chi connectivity index (χ2v) is 20.6. The number of hydrogen-bond donors (Lipinski definition) is 0. The predicted molar refractivity (Wildman–Crippen MR) is 237 cm³/mol. The van der Waals surface area contributed by atoms with Crippen molar-refractivity contribution in [1.29, 1.82) is 0 Å². The van der Waals surface area contributed by atoms with E-state index >= 15 is 0 Å². The summed E-state index contributed by atoms with van der Waals surface area (Å²) in [5, 5.41) is 2.59. The number of unbranched alkanes of at least 4 members (excludes halogenated alkanes) is 22. The summed E-state index contributed by atoms with van der Waals surface area (Å²) < 4.78 is 13.2. The van der Waals surface area contributed by atoms with Crippen LogP contribution in [-0.2, 0) is 9.47 Å². The molecule has 0 bridgehead atoms. The van der Waals surface area contributed by atoms with E-state index in [4.69, 9.17) is 9.47 Å². The first-order chi connectivity index (χ1) is 24.6. The number of nitrogens with zero attached hydrogens (tertiary/aromatic N) is 1. The number of hydrogen-bond acceptors (Lipinski definition) is 7. The zero-order chi connectivity index (χ0) is 36.1.